The third-order valence-corrected chi connectivity index (χ3v) is 6.00. The monoisotopic (exact) mass is 401 g/mol. The highest BCUT2D eigenvalue weighted by Gasteiger charge is 2.24. The molecule has 4 rings (SSSR count). The first kappa shape index (κ1) is 15.3. The van der Waals surface area contributed by atoms with E-state index in [-0.39, 0.29) is 11.6 Å². The Kier molecular flexibility index (Phi) is 3.82. The molecule has 1 N–H and O–H groups in total. The predicted octanol–water partition coefficient (Wildman–Crippen LogP) is 3.56. The standard InChI is InChI=1S/C16H12BrN5OS/c17-12-13(21-22-7-3-6-19-14(12)22)15(23)20-16-10(8-18)9-4-1-2-5-11(9)24-16/h3,6-7H,1-2,4-5H2,(H,20,23). The number of carbonyl (C=O) groups excluding carboxylic acids is 1. The molecular formula is C16H12BrN5OS. The zero-order valence-electron chi connectivity index (χ0n) is 12.5. The summed E-state index contributed by atoms with van der Waals surface area (Å²) < 4.78 is 2.09. The number of aryl methyl sites for hydroxylation is 1. The lowest BCUT2D eigenvalue weighted by Crippen LogP contribution is -2.13. The van der Waals surface area contributed by atoms with Gasteiger partial charge >= 0.3 is 0 Å². The lowest BCUT2D eigenvalue weighted by Gasteiger charge is -2.09. The molecule has 0 spiro atoms. The fourth-order valence-electron chi connectivity index (χ4n) is 2.94. The highest BCUT2D eigenvalue weighted by molar-refractivity contribution is 9.10. The Morgan fingerprint density at radius 3 is 3.04 bits per heavy atom. The summed E-state index contributed by atoms with van der Waals surface area (Å²) in [5, 5.41) is 17.2. The van der Waals surface area contributed by atoms with Crippen molar-refractivity contribution < 1.29 is 4.79 Å². The number of nitrogens with zero attached hydrogens (tertiary/aromatic N) is 4. The van der Waals surface area contributed by atoms with E-state index in [0.29, 0.717) is 20.7 Å². The van der Waals surface area contributed by atoms with Gasteiger partial charge in [0.2, 0.25) is 0 Å². The van der Waals surface area contributed by atoms with Crippen LogP contribution in [0, 0.1) is 11.3 Å². The van der Waals surface area contributed by atoms with E-state index in [1.807, 2.05) is 0 Å². The third kappa shape index (κ3) is 2.41. The van der Waals surface area contributed by atoms with Crippen LogP contribution in [0.3, 0.4) is 0 Å². The Bertz CT molecular complexity index is 1000. The molecule has 24 heavy (non-hydrogen) atoms. The van der Waals surface area contributed by atoms with E-state index in [1.54, 1.807) is 23.0 Å². The summed E-state index contributed by atoms with van der Waals surface area (Å²) in [6.45, 7) is 0. The minimum absolute atomic E-state index is 0.254. The second-order valence-electron chi connectivity index (χ2n) is 5.53. The van der Waals surface area contributed by atoms with Crippen LogP contribution in [0.2, 0.25) is 0 Å². The van der Waals surface area contributed by atoms with Gasteiger partial charge in [-0.25, -0.2) is 9.50 Å². The summed E-state index contributed by atoms with van der Waals surface area (Å²) in [5.41, 5.74) is 2.53. The number of thiophene rings is 1. The van der Waals surface area contributed by atoms with E-state index < -0.39 is 0 Å². The molecule has 0 saturated heterocycles. The first-order valence-electron chi connectivity index (χ1n) is 7.54. The van der Waals surface area contributed by atoms with Crippen molar-refractivity contribution >= 4 is 43.8 Å². The number of carbonyl (C=O) groups is 1. The molecular weight excluding hydrogens is 390 g/mol. The van der Waals surface area contributed by atoms with Gasteiger partial charge in [0.05, 0.1) is 10.0 Å². The fraction of sp³-hybridized carbons (Fsp3) is 0.250. The summed E-state index contributed by atoms with van der Waals surface area (Å²) >= 11 is 4.89. The van der Waals surface area contributed by atoms with Gasteiger partial charge in [0.25, 0.3) is 5.91 Å². The Labute approximate surface area is 150 Å². The van der Waals surface area contributed by atoms with E-state index in [9.17, 15) is 10.1 Å². The van der Waals surface area contributed by atoms with Gasteiger partial charge in [-0.1, -0.05) is 0 Å². The molecule has 0 fully saturated rings. The molecule has 1 amide bonds. The molecule has 0 bridgehead atoms. The Morgan fingerprint density at radius 2 is 2.25 bits per heavy atom. The zero-order chi connectivity index (χ0) is 16.7. The number of nitriles is 1. The van der Waals surface area contributed by atoms with Gasteiger partial charge in [-0.15, -0.1) is 11.3 Å². The largest absolute Gasteiger partial charge is 0.311 e. The first-order valence-corrected chi connectivity index (χ1v) is 9.15. The minimum atomic E-state index is -0.345. The molecule has 0 saturated carbocycles. The summed E-state index contributed by atoms with van der Waals surface area (Å²) in [5.74, 6) is -0.345. The van der Waals surface area contributed by atoms with Crippen LogP contribution in [0.4, 0.5) is 5.00 Å². The molecule has 0 radical (unpaired) electrons. The number of rotatable bonds is 2. The third-order valence-electron chi connectivity index (χ3n) is 4.06. The number of amides is 1. The van der Waals surface area contributed by atoms with Crippen molar-refractivity contribution in [3.63, 3.8) is 0 Å². The van der Waals surface area contributed by atoms with Crippen LogP contribution < -0.4 is 5.32 Å². The van der Waals surface area contributed by atoms with Crippen molar-refractivity contribution in [3.8, 4) is 6.07 Å². The van der Waals surface area contributed by atoms with Crippen molar-refractivity contribution in [1.82, 2.24) is 14.6 Å². The zero-order valence-corrected chi connectivity index (χ0v) is 14.9. The van der Waals surface area contributed by atoms with E-state index in [2.05, 4.69) is 37.4 Å². The molecule has 1 aliphatic carbocycles. The predicted molar refractivity (Wildman–Crippen MR) is 94.3 cm³/mol. The minimum Gasteiger partial charge on any atom is -0.311 e. The van der Waals surface area contributed by atoms with Gasteiger partial charge < -0.3 is 5.32 Å². The SMILES string of the molecule is N#Cc1c(NC(=O)c2nn3cccnc3c2Br)sc2c1CCCC2. The van der Waals surface area contributed by atoms with Gasteiger partial charge in [-0.2, -0.15) is 10.4 Å². The number of hydrogen-bond donors (Lipinski definition) is 1. The van der Waals surface area contributed by atoms with Gasteiger partial charge in [-0.05, 0) is 53.2 Å². The van der Waals surface area contributed by atoms with Crippen molar-refractivity contribution in [2.45, 2.75) is 25.7 Å². The van der Waals surface area contributed by atoms with Crippen molar-refractivity contribution in [2.24, 2.45) is 0 Å². The van der Waals surface area contributed by atoms with Crippen LogP contribution in [0.5, 0.6) is 0 Å². The highest BCUT2D eigenvalue weighted by Crippen LogP contribution is 2.38. The van der Waals surface area contributed by atoms with Crippen molar-refractivity contribution in [1.29, 1.82) is 5.26 Å². The molecule has 3 heterocycles. The molecule has 8 heteroatoms. The number of halogens is 1. The lowest BCUT2D eigenvalue weighted by atomic mass is 9.96. The molecule has 1 aliphatic rings. The van der Waals surface area contributed by atoms with E-state index in [0.717, 1.165) is 31.2 Å². The maximum absolute atomic E-state index is 12.6. The maximum Gasteiger partial charge on any atom is 0.278 e. The second kappa shape index (κ2) is 6.00. The van der Waals surface area contributed by atoms with Crippen LogP contribution in [0.1, 0.15) is 39.3 Å². The van der Waals surface area contributed by atoms with Crippen LogP contribution in [-0.2, 0) is 12.8 Å². The van der Waals surface area contributed by atoms with E-state index in [4.69, 9.17) is 0 Å². The summed E-state index contributed by atoms with van der Waals surface area (Å²) in [6, 6.07) is 3.99. The maximum atomic E-state index is 12.6. The summed E-state index contributed by atoms with van der Waals surface area (Å²) in [4.78, 5) is 18.1. The molecule has 0 aliphatic heterocycles. The Morgan fingerprint density at radius 1 is 1.42 bits per heavy atom. The van der Waals surface area contributed by atoms with Crippen LogP contribution >= 0.6 is 27.3 Å². The average Bonchev–Trinajstić information content (AvgIpc) is 3.12. The Balaban J connectivity index is 1.70. The fourth-order valence-corrected chi connectivity index (χ4v) is 4.72. The average molecular weight is 402 g/mol. The molecule has 0 atom stereocenters. The van der Waals surface area contributed by atoms with Crippen LogP contribution in [0.25, 0.3) is 5.65 Å². The van der Waals surface area contributed by atoms with Crippen molar-refractivity contribution in [3.05, 3.63) is 44.6 Å². The van der Waals surface area contributed by atoms with Gasteiger partial charge in [0.15, 0.2) is 11.3 Å². The second-order valence-corrected chi connectivity index (χ2v) is 7.43. The van der Waals surface area contributed by atoms with Crippen molar-refractivity contribution in [2.75, 3.05) is 5.32 Å². The number of anilines is 1. The number of fused-ring (bicyclic) bond motifs is 2. The summed E-state index contributed by atoms with van der Waals surface area (Å²) in [6.07, 6.45) is 7.49. The number of aromatic nitrogens is 3. The molecule has 0 aromatic carbocycles. The van der Waals surface area contributed by atoms with Crippen LogP contribution in [-0.4, -0.2) is 20.5 Å². The summed E-state index contributed by atoms with van der Waals surface area (Å²) in [7, 11) is 0. The molecule has 6 nitrogen and oxygen atoms in total. The van der Waals surface area contributed by atoms with Crippen LogP contribution in [0.15, 0.2) is 22.9 Å². The molecule has 3 aromatic heterocycles. The molecule has 0 unspecified atom stereocenters. The first-order chi connectivity index (χ1) is 11.7. The quantitative estimate of drug-likeness (QED) is 0.711. The number of hydrogen-bond acceptors (Lipinski definition) is 5. The smallest absolute Gasteiger partial charge is 0.278 e. The normalized spacial score (nSPS) is 13.5. The molecule has 120 valence electrons. The lowest BCUT2D eigenvalue weighted by molar-refractivity contribution is 0.102. The highest BCUT2D eigenvalue weighted by atomic mass is 79.9. The number of nitrogens with one attached hydrogen (secondary N) is 1. The topological polar surface area (TPSA) is 83.1 Å². The Hall–Kier alpha value is -2.24. The van der Waals surface area contributed by atoms with E-state index >= 15 is 0 Å². The van der Waals surface area contributed by atoms with E-state index in [1.165, 1.54) is 16.2 Å². The van der Waals surface area contributed by atoms with Gasteiger partial charge in [-0.3, -0.25) is 4.79 Å². The van der Waals surface area contributed by atoms with Gasteiger partial charge in [0.1, 0.15) is 11.1 Å². The van der Waals surface area contributed by atoms with Gasteiger partial charge in [0, 0.05) is 17.3 Å². The molecule has 3 aromatic rings.